The first-order chi connectivity index (χ1) is 11.0. The van der Waals surface area contributed by atoms with Crippen molar-refractivity contribution < 1.29 is 18.7 Å². The largest absolute Gasteiger partial charge is 0.486 e. The monoisotopic (exact) mass is 352 g/mol. The summed E-state index contributed by atoms with van der Waals surface area (Å²) in [5.74, 6) is 1.39. The van der Waals surface area contributed by atoms with Crippen LogP contribution in [0.2, 0.25) is 10.0 Å². The van der Waals surface area contributed by atoms with Crippen LogP contribution in [-0.2, 0) is 11.3 Å². The molecule has 23 heavy (non-hydrogen) atoms. The molecular weight excluding hydrogens is 342 g/mol. The molecule has 0 saturated carbocycles. The van der Waals surface area contributed by atoms with E-state index in [4.69, 9.17) is 39.1 Å². The van der Waals surface area contributed by atoms with Crippen LogP contribution in [0, 0.1) is 18.2 Å². The highest BCUT2D eigenvalue weighted by atomic mass is 35.5. The van der Waals surface area contributed by atoms with Gasteiger partial charge in [0.2, 0.25) is 0 Å². The standard InChI is InChI=1S/C17H11Cl2FO3/c1-2-6-22-17(21)12-8-14(18)16(15(19)9-12)23-10-11-4-3-5-13(20)7-11/h1,3-5,7-9H,6,10H2. The number of hydrogen-bond donors (Lipinski definition) is 0. The zero-order valence-corrected chi connectivity index (χ0v) is 13.3. The fraction of sp³-hybridized carbons (Fsp3) is 0.118. The summed E-state index contributed by atoms with van der Waals surface area (Å²) >= 11 is 12.2. The van der Waals surface area contributed by atoms with E-state index in [1.807, 2.05) is 0 Å². The van der Waals surface area contributed by atoms with E-state index in [0.29, 0.717) is 5.56 Å². The summed E-state index contributed by atoms with van der Waals surface area (Å²) in [6, 6.07) is 8.69. The maximum Gasteiger partial charge on any atom is 0.339 e. The molecule has 0 aliphatic heterocycles. The van der Waals surface area contributed by atoms with Crippen LogP contribution in [0.25, 0.3) is 0 Å². The number of hydrogen-bond acceptors (Lipinski definition) is 3. The van der Waals surface area contributed by atoms with Gasteiger partial charge in [-0.25, -0.2) is 9.18 Å². The van der Waals surface area contributed by atoms with Crippen molar-refractivity contribution in [1.29, 1.82) is 0 Å². The minimum Gasteiger partial charge on any atom is -0.486 e. The van der Waals surface area contributed by atoms with Crippen LogP contribution >= 0.6 is 23.2 Å². The molecule has 0 fully saturated rings. The van der Waals surface area contributed by atoms with E-state index in [-0.39, 0.29) is 40.4 Å². The second kappa shape index (κ2) is 7.87. The predicted octanol–water partition coefficient (Wildman–Crippen LogP) is 4.50. The molecule has 0 N–H and O–H groups in total. The number of carbonyl (C=O) groups excluding carboxylic acids is 1. The maximum atomic E-state index is 13.1. The van der Waals surface area contributed by atoms with Gasteiger partial charge in [0.1, 0.15) is 12.4 Å². The topological polar surface area (TPSA) is 35.5 Å². The lowest BCUT2D eigenvalue weighted by Gasteiger charge is -2.11. The third-order valence-corrected chi connectivity index (χ3v) is 3.35. The lowest BCUT2D eigenvalue weighted by Crippen LogP contribution is -2.06. The lowest BCUT2D eigenvalue weighted by molar-refractivity contribution is 0.0556. The summed E-state index contributed by atoms with van der Waals surface area (Å²) in [7, 11) is 0. The Morgan fingerprint density at radius 2 is 1.91 bits per heavy atom. The molecular formula is C17H11Cl2FO3. The van der Waals surface area contributed by atoms with Crippen molar-refractivity contribution >= 4 is 29.2 Å². The summed E-state index contributed by atoms with van der Waals surface area (Å²) in [6.07, 6.45) is 5.02. The smallest absolute Gasteiger partial charge is 0.339 e. The first kappa shape index (κ1) is 17.1. The van der Waals surface area contributed by atoms with Gasteiger partial charge in [0.05, 0.1) is 15.6 Å². The molecule has 0 aromatic heterocycles. The molecule has 0 aliphatic rings. The molecule has 0 radical (unpaired) electrons. The van der Waals surface area contributed by atoms with Crippen molar-refractivity contribution in [3.8, 4) is 18.1 Å². The van der Waals surface area contributed by atoms with E-state index in [0.717, 1.165) is 0 Å². The van der Waals surface area contributed by atoms with Gasteiger partial charge < -0.3 is 9.47 Å². The maximum absolute atomic E-state index is 13.1. The molecule has 0 spiro atoms. The molecule has 0 atom stereocenters. The highest BCUT2D eigenvalue weighted by Gasteiger charge is 2.15. The number of terminal acetylenes is 1. The molecule has 2 aromatic carbocycles. The zero-order valence-electron chi connectivity index (χ0n) is 11.8. The Morgan fingerprint density at radius 3 is 2.52 bits per heavy atom. The van der Waals surface area contributed by atoms with Crippen LogP contribution in [-0.4, -0.2) is 12.6 Å². The minimum absolute atomic E-state index is 0.0814. The van der Waals surface area contributed by atoms with Gasteiger partial charge in [-0.3, -0.25) is 0 Å². The third-order valence-electron chi connectivity index (χ3n) is 2.79. The fourth-order valence-electron chi connectivity index (χ4n) is 1.79. The lowest BCUT2D eigenvalue weighted by atomic mass is 10.2. The Kier molecular flexibility index (Phi) is 5.86. The molecule has 118 valence electrons. The summed E-state index contributed by atoms with van der Waals surface area (Å²) < 4.78 is 23.4. The van der Waals surface area contributed by atoms with Gasteiger partial charge >= 0.3 is 5.97 Å². The van der Waals surface area contributed by atoms with E-state index in [9.17, 15) is 9.18 Å². The number of halogens is 3. The van der Waals surface area contributed by atoms with Gasteiger partial charge in [0, 0.05) is 0 Å². The van der Waals surface area contributed by atoms with Crippen molar-refractivity contribution in [2.75, 3.05) is 6.61 Å². The normalized spacial score (nSPS) is 10.0. The fourth-order valence-corrected chi connectivity index (χ4v) is 2.38. The highest BCUT2D eigenvalue weighted by molar-refractivity contribution is 6.37. The number of ether oxygens (including phenoxy) is 2. The molecule has 3 nitrogen and oxygen atoms in total. The summed E-state index contributed by atoms with van der Waals surface area (Å²) in [6.45, 7) is -0.0655. The number of rotatable bonds is 5. The molecule has 0 bridgehead atoms. The predicted molar refractivity (Wildman–Crippen MR) is 86.3 cm³/mol. The van der Waals surface area contributed by atoms with E-state index >= 15 is 0 Å². The Balaban J connectivity index is 2.14. The first-order valence-electron chi connectivity index (χ1n) is 6.48. The van der Waals surface area contributed by atoms with Gasteiger partial charge in [-0.15, -0.1) is 6.42 Å². The SMILES string of the molecule is C#CCOC(=O)c1cc(Cl)c(OCc2cccc(F)c2)c(Cl)c1. The van der Waals surface area contributed by atoms with Crippen LogP contribution < -0.4 is 4.74 Å². The highest BCUT2D eigenvalue weighted by Crippen LogP contribution is 2.35. The molecule has 0 saturated heterocycles. The zero-order chi connectivity index (χ0) is 16.8. The van der Waals surface area contributed by atoms with E-state index in [1.165, 1.54) is 24.3 Å². The number of carbonyl (C=O) groups is 1. The number of benzene rings is 2. The van der Waals surface area contributed by atoms with Gasteiger partial charge in [-0.05, 0) is 29.8 Å². The molecule has 2 rings (SSSR count). The van der Waals surface area contributed by atoms with Gasteiger partial charge in [0.25, 0.3) is 0 Å². The minimum atomic E-state index is -0.636. The van der Waals surface area contributed by atoms with Crippen LogP contribution in [0.4, 0.5) is 4.39 Å². The van der Waals surface area contributed by atoms with E-state index in [1.54, 1.807) is 12.1 Å². The molecule has 0 aliphatic carbocycles. The van der Waals surface area contributed by atoms with Crippen LogP contribution in [0.5, 0.6) is 5.75 Å². The quantitative estimate of drug-likeness (QED) is 0.586. The summed E-state index contributed by atoms with van der Waals surface area (Å²) in [5, 5.41) is 0.281. The Bertz CT molecular complexity index is 746. The molecule has 6 heteroatoms. The van der Waals surface area contributed by atoms with Gasteiger partial charge in [0.15, 0.2) is 12.4 Å². The van der Waals surface area contributed by atoms with E-state index in [2.05, 4.69) is 5.92 Å². The van der Waals surface area contributed by atoms with Crippen molar-refractivity contribution in [2.45, 2.75) is 6.61 Å². The van der Waals surface area contributed by atoms with Crippen molar-refractivity contribution in [2.24, 2.45) is 0 Å². The molecule has 0 heterocycles. The first-order valence-corrected chi connectivity index (χ1v) is 7.23. The van der Waals surface area contributed by atoms with Gasteiger partial charge in [-0.2, -0.15) is 0 Å². The van der Waals surface area contributed by atoms with Crippen LogP contribution in [0.15, 0.2) is 36.4 Å². The van der Waals surface area contributed by atoms with Gasteiger partial charge in [-0.1, -0.05) is 41.3 Å². The summed E-state index contributed by atoms with van der Waals surface area (Å²) in [4.78, 5) is 11.7. The average Bonchev–Trinajstić information content (AvgIpc) is 2.51. The number of esters is 1. The average molecular weight is 353 g/mol. The third kappa shape index (κ3) is 4.62. The van der Waals surface area contributed by atoms with E-state index < -0.39 is 5.97 Å². The molecule has 2 aromatic rings. The molecule has 0 amide bonds. The van der Waals surface area contributed by atoms with Crippen molar-refractivity contribution in [1.82, 2.24) is 0 Å². The molecule has 0 unspecified atom stereocenters. The van der Waals surface area contributed by atoms with Crippen molar-refractivity contribution in [3.63, 3.8) is 0 Å². The Hall–Kier alpha value is -2.22. The summed E-state index contributed by atoms with van der Waals surface area (Å²) in [5.41, 5.74) is 0.781. The second-order valence-corrected chi connectivity index (χ2v) is 5.28. The Labute approximate surface area is 142 Å². The Morgan fingerprint density at radius 1 is 1.22 bits per heavy atom. The van der Waals surface area contributed by atoms with Crippen LogP contribution in [0.1, 0.15) is 15.9 Å². The van der Waals surface area contributed by atoms with Crippen molar-refractivity contribution in [3.05, 3.63) is 63.4 Å². The van der Waals surface area contributed by atoms with Crippen LogP contribution in [0.3, 0.4) is 0 Å². The second-order valence-electron chi connectivity index (χ2n) is 4.47.